The van der Waals surface area contributed by atoms with Crippen molar-refractivity contribution in [2.24, 2.45) is 5.92 Å². The molecule has 9 nitrogen and oxygen atoms in total. The molecule has 0 N–H and O–H groups in total. The molecule has 152 valence electrons. The van der Waals surface area contributed by atoms with Crippen molar-refractivity contribution in [3.8, 4) is 0 Å². The van der Waals surface area contributed by atoms with Crippen molar-refractivity contribution in [3.63, 3.8) is 0 Å². The minimum absolute atomic E-state index is 0.100. The summed E-state index contributed by atoms with van der Waals surface area (Å²) in [5.74, 6) is -3.25. The van der Waals surface area contributed by atoms with Gasteiger partial charge in [-0.2, -0.15) is 0 Å². The summed E-state index contributed by atoms with van der Waals surface area (Å²) < 4.78 is 35.1. The number of thiazole rings is 1. The van der Waals surface area contributed by atoms with E-state index < -0.39 is 55.9 Å². The first kappa shape index (κ1) is 20.5. The third-order valence-electron chi connectivity index (χ3n) is 4.99. The molecule has 2 saturated heterocycles. The van der Waals surface area contributed by atoms with E-state index in [0.717, 1.165) is 16.2 Å². The van der Waals surface area contributed by atoms with Gasteiger partial charge in [0.05, 0.1) is 4.75 Å². The molecular weight excluding hydrogens is 408 g/mol. The minimum Gasteiger partial charge on any atom is -0.460 e. The topological polar surface area (TPSA) is 120 Å². The summed E-state index contributed by atoms with van der Waals surface area (Å²) in [6.07, 6.45) is 1.69. The Morgan fingerprint density at radius 3 is 2.68 bits per heavy atom. The number of esters is 2. The van der Waals surface area contributed by atoms with Gasteiger partial charge in [-0.1, -0.05) is 12.7 Å². The van der Waals surface area contributed by atoms with Crippen LogP contribution < -0.4 is 0 Å². The number of fused-ring (bicyclic) bond motifs is 1. The van der Waals surface area contributed by atoms with Crippen LogP contribution in [0.2, 0.25) is 0 Å². The third-order valence-corrected chi connectivity index (χ3v) is 8.67. The smallest absolute Gasteiger partial charge is 0.330 e. The minimum atomic E-state index is -3.97. The zero-order valence-electron chi connectivity index (χ0n) is 15.5. The van der Waals surface area contributed by atoms with Gasteiger partial charge in [-0.3, -0.25) is 9.59 Å². The molecule has 3 rings (SSSR count). The van der Waals surface area contributed by atoms with Crippen molar-refractivity contribution in [3.05, 3.63) is 29.2 Å². The van der Waals surface area contributed by atoms with Crippen LogP contribution in [0.15, 0.2) is 24.2 Å². The molecule has 2 aliphatic rings. The molecule has 1 amide bonds. The number of amides is 1. The second kappa shape index (κ2) is 6.96. The van der Waals surface area contributed by atoms with Gasteiger partial charge < -0.3 is 14.4 Å². The second-order valence-corrected chi connectivity index (χ2v) is 10.6. The van der Waals surface area contributed by atoms with Crippen LogP contribution in [-0.4, -0.2) is 58.9 Å². The summed E-state index contributed by atoms with van der Waals surface area (Å²) in [6.45, 7) is 7.29. The molecule has 11 heteroatoms. The Kier molecular flexibility index (Phi) is 5.09. The van der Waals surface area contributed by atoms with E-state index in [1.165, 1.54) is 33.0 Å². The monoisotopic (exact) mass is 428 g/mol. The first-order chi connectivity index (χ1) is 13.1. The van der Waals surface area contributed by atoms with E-state index >= 15 is 0 Å². The molecule has 1 unspecified atom stereocenters. The highest BCUT2D eigenvalue weighted by molar-refractivity contribution is 7.93. The average molecular weight is 428 g/mol. The van der Waals surface area contributed by atoms with Crippen molar-refractivity contribution in [2.45, 2.75) is 43.0 Å². The maximum Gasteiger partial charge on any atom is 0.330 e. The van der Waals surface area contributed by atoms with Crippen LogP contribution in [0.5, 0.6) is 0 Å². The fourth-order valence-electron chi connectivity index (χ4n) is 3.66. The van der Waals surface area contributed by atoms with Gasteiger partial charge in [0, 0.05) is 18.5 Å². The average Bonchev–Trinajstić information content (AvgIpc) is 3.17. The molecule has 0 aliphatic carbocycles. The number of aromatic nitrogens is 1. The van der Waals surface area contributed by atoms with Gasteiger partial charge in [0.1, 0.15) is 23.6 Å². The number of ether oxygens (including phenoxy) is 2. The van der Waals surface area contributed by atoms with Crippen molar-refractivity contribution in [1.29, 1.82) is 0 Å². The zero-order valence-corrected chi connectivity index (χ0v) is 17.2. The Morgan fingerprint density at radius 1 is 1.46 bits per heavy atom. The maximum absolute atomic E-state index is 13.2. The van der Waals surface area contributed by atoms with Crippen molar-refractivity contribution >= 4 is 39.0 Å². The van der Waals surface area contributed by atoms with Gasteiger partial charge in [0.2, 0.25) is 5.91 Å². The number of sulfone groups is 1. The Hall–Kier alpha value is -2.27. The molecular formula is C17H20N2O7S2. The van der Waals surface area contributed by atoms with Crippen LogP contribution in [0.4, 0.5) is 0 Å². The zero-order chi connectivity index (χ0) is 20.9. The number of hydrogen-bond donors (Lipinski definition) is 0. The highest BCUT2D eigenvalue weighted by Gasteiger charge is 2.74. The predicted octanol–water partition coefficient (Wildman–Crippen LogP) is 0.837. The quantitative estimate of drug-likeness (QED) is 0.371. The SMILES string of the molecule is C=CCOC(=O)[C@@H]1N2C(=O)[C@@H](C(OC(C)=O)c3nccs3)[C@H]2S(=O)(=O)C1(C)C. The molecule has 4 atom stereocenters. The molecule has 0 saturated carbocycles. The number of β-lactam (4-membered cyclic amide) rings is 1. The van der Waals surface area contributed by atoms with E-state index in [1.807, 2.05) is 0 Å². The van der Waals surface area contributed by atoms with Crippen LogP contribution in [0.1, 0.15) is 31.9 Å². The summed E-state index contributed by atoms with van der Waals surface area (Å²) in [7, 11) is -3.97. The van der Waals surface area contributed by atoms with Gasteiger partial charge in [-0.25, -0.2) is 18.2 Å². The first-order valence-corrected chi connectivity index (χ1v) is 10.9. The molecule has 2 fully saturated rings. The van der Waals surface area contributed by atoms with E-state index in [0.29, 0.717) is 5.01 Å². The summed E-state index contributed by atoms with van der Waals surface area (Å²) in [5.41, 5.74) is 0. The Bertz CT molecular complexity index is 923. The lowest BCUT2D eigenvalue weighted by Crippen LogP contribution is -2.65. The summed E-state index contributed by atoms with van der Waals surface area (Å²) in [6, 6.07) is -1.29. The summed E-state index contributed by atoms with van der Waals surface area (Å²) >= 11 is 1.15. The van der Waals surface area contributed by atoms with Gasteiger partial charge in [-0.05, 0) is 13.8 Å². The van der Waals surface area contributed by atoms with Gasteiger partial charge in [0.25, 0.3) is 0 Å². The van der Waals surface area contributed by atoms with Gasteiger partial charge in [-0.15, -0.1) is 11.3 Å². The van der Waals surface area contributed by atoms with E-state index in [2.05, 4.69) is 11.6 Å². The molecule has 2 aliphatic heterocycles. The van der Waals surface area contributed by atoms with Crippen molar-refractivity contribution < 1.29 is 32.3 Å². The van der Waals surface area contributed by atoms with Crippen LogP contribution in [0, 0.1) is 5.92 Å². The maximum atomic E-state index is 13.2. The predicted molar refractivity (Wildman–Crippen MR) is 98.7 cm³/mol. The summed E-state index contributed by atoms with van der Waals surface area (Å²) in [4.78, 5) is 42.1. The number of carbonyl (C=O) groups is 3. The van der Waals surface area contributed by atoms with Crippen LogP contribution in [0.3, 0.4) is 0 Å². The van der Waals surface area contributed by atoms with Crippen LogP contribution >= 0.6 is 11.3 Å². The Morgan fingerprint density at radius 2 is 2.14 bits per heavy atom. The van der Waals surface area contributed by atoms with Gasteiger partial charge in [0.15, 0.2) is 21.3 Å². The van der Waals surface area contributed by atoms with E-state index in [-0.39, 0.29) is 6.61 Å². The first-order valence-electron chi connectivity index (χ1n) is 8.45. The number of hydrogen-bond acceptors (Lipinski definition) is 9. The fourth-order valence-corrected chi connectivity index (χ4v) is 6.68. The molecule has 28 heavy (non-hydrogen) atoms. The van der Waals surface area contributed by atoms with E-state index in [1.54, 1.807) is 5.38 Å². The highest BCUT2D eigenvalue weighted by Crippen LogP contribution is 2.53. The Balaban J connectivity index is 2.02. The van der Waals surface area contributed by atoms with E-state index in [4.69, 9.17) is 9.47 Å². The molecule has 1 aromatic heterocycles. The summed E-state index contributed by atoms with van der Waals surface area (Å²) in [5, 5.41) is 0.651. The molecule has 0 aromatic carbocycles. The van der Waals surface area contributed by atoms with Crippen molar-refractivity contribution in [2.75, 3.05) is 6.61 Å². The molecule has 0 spiro atoms. The van der Waals surface area contributed by atoms with Crippen LogP contribution in [-0.2, 0) is 33.7 Å². The van der Waals surface area contributed by atoms with Crippen molar-refractivity contribution in [1.82, 2.24) is 9.88 Å². The van der Waals surface area contributed by atoms with E-state index in [9.17, 15) is 22.8 Å². The molecule has 1 aromatic rings. The fraction of sp³-hybridized carbons (Fsp3) is 0.529. The number of nitrogens with zero attached hydrogens (tertiary/aromatic N) is 2. The number of carbonyl (C=O) groups excluding carboxylic acids is 3. The molecule has 0 radical (unpaired) electrons. The normalized spacial score (nSPS) is 28.0. The molecule has 0 bridgehead atoms. The third kappa shape index (κ3) is 2.84. The second-order valence-electron chi connectivity index (χ2n) is 7.03. The lowest BCUT2D eigenvalue weighted by Gasteiger charge is -2.45. The van der Waals surface area contributed by atoms with Crippen LogP contribution in [0.25, 0.3) is 0 Å². The lowest BCUT2D eigenvalue weighted by molar-refractivity contribution is -0.177. The highest BCUT2D eigenvalue weighted by atomic mass is 32.2. The number of rotatable bonds is 6. The van der Waals surface area contributed by atoms with Gasteiger partial charge >= 0.3 is 11.9 Å². The Labute approximate surface area is 166 Å². The largest absolute Gasteiger partial charge is 0.460 e. The lowest BCUT2D eigenvalue weighted by atomic mass is 9.88. The standard InChI is InChI=1S/C17H20N2O7S2/c1-5-7-25-16(22)12-17(3,4)28(23,24)15-10(14(21)19(12)15)11(26-9(2)20)13-18-6-8-27-13/h5-6,8,10-12,15H,1,7H2,2-4H3/t10-,11?,12+,15-/m1/s1. The molecule has 3 heterocycles.